The van der Waals surface area contributed by atoms with E-state index in [1.54, 1.807) is 42.3 Å². The standard InChI is InChI=1S/C19H21NO4/c1-20(19(12-24-2)8-3-9-19)17(21)15-6-4-14-11-16(18(22)23)7-5-13(14)10-15/h4-7,10-11H,3,8-9,12H2,1-2H3,(H,22,23). The van der Waals surface area contributed by atoms with Crippen molar-refractivity contribution < 1.29 is 19.4 Å². The highest BCUT2D eigenvalue weighted by Gasteiger charge is 2.43. The zero-order valence-corrected chi connectivity index (χ0v) is 13.9. The number of amides is 1. The van der Waals surface area contributed by atoms with Gasteiger partial charge in [0, 0.05) is 19.7 Å². The predicted octanol–water partition coefficient (Wildman–Crippen LogP) is 3.18. The van der Waals surface area contributed by atoms with Crippen LogP contribution in [0.3, 0.4) is 0 Å². The van der Waals surface area contributed by atoms with Crippen LogP contribution in [-0.2, 0) is 4.74 Å². The molecule has 0 aliphatic heterocycles. The van der Waals surface area contributed by atoms with Crippen LogP contribution in [0.2, 0.25) is 0 Å². The minimum Gasteiger partial charge on any atom is -0.478 e. The Balaban J connectivity index is 1.90. The number of methoxy groups -OCH3 is 1. The van der Waals surface area contributed by atoms with Crippen molar-refractivity contribution in [3.63, 3.8) is 0 Å². The van der Waals surface area contributed by atoms with E-state index < -0.39 is 5.97 Å². The molecule has 1 saturated carbocycles. The van der Waals surface area contributed by atoms with Gasteiger partial charge in [0.1, 0.15) is 0 Å². The average molecular weight is 327 g/mol. The zero-order valence-electron chi connectivity index (χ0n) is 13.9. The highest BCUT2D eigenvalue weighted by atomic mass is 16.5. The van der Waals surface area contributed by atoms with E-state index in [9.17, 15) is 9.59 Å². The minimum atomic E-state index is -0.955. The van der Waals surface area contributed by atoms with Crippen LogP contribution in [0.5, 0.6) is 0 Å². The van der Waals surface area contributed by atoms with Crippen molar-refractivity contribution in [2.24, 2.45) is 0 Å². The fraction of sp³-hybridized carbons (Fsp3) is 0.368. The maximum absolute atomic E-state index is 12.9. The maximum atomic E-state index is 12.9. The van der Waals surface area contributed by atoms with E-state index >= 15 is 0 Å². The summed E-state index contributed by atoms with van der Waals surface area (Å²) in [6.07, 6.45) is 3.02. The molecule has 0 atom stereocenters. The average Bonchev–Trinajstić information content (AvgIpc) is 2.55. The normalized spacial score (nSPS) is 15.8. The van der Waals surface area contributed by atoms with Gasteiger partial charge in [0.15, 0.2) is 0 Å². The summed E-state index contributed by atoms with van der Waals surface area (Å²) in [5.41, 5.74) is 0.649. The Morgan fingerprint density at radius 3 is 2.21 bits per heavy atom. The van der Waals surface area contributed by atoms with Crippen molar-refractivity contribution in [3.8, 4) is 0 Å². The Labute approximate surface area is 140 Å². The summed E-state index contributed by atoms with van der Waals surface area (Å²) in [5.74, 6) is -0.987. The third-order valence-electron chi connectivity index (χ3n) is 5.05. The zero-order chi connectivity index (χ0) is 17.3. The maximum Gasteiger partial charge on any atom is 0.335 e. The number of rotatable bonds is 5. The molecule has 1 N–H and O–H groups in total. The van der Waals surface area contributed by atoms with Crippen LogP contribution >= 0.6 is 0 Å². The number of hydrogen-bond donors (Lipinski definition) is 1. The molecule has 0 saturated heterocycles. The summed E-state index contributed by atoms with van der Waals surface area (Å²) in [6, 6.07) is 10.3. The number of carboxylic acids is 1. The molecule has 0 heterocycles. The molecule has 1 amide bonds. The quantitative estimate of drug-likeness (QED) is 0.916. The lowest BCUT2D eigenvalue weighted by molar-refractivity contribution is -0.0185. The highest BCUT2D eigenvalue weighted by Crippen LogP contribution is 2.38. The molecule has 0 unspecified atom stereocenters. The number of ether oxygens (including phenoxy) is 1. The highest BCUT2D eigenvalue weighted by molar-refractivity contribution is 6.00. The van der Waals surface area contributed by atoms with Crippen molar-refractivity contribution in [1.82, 2.24) is 4.90 Å². The molecule has 2 aromatic carbocycles. The molecule has 1 aliphatic carbocycles. The molecule has 3 rings (SSSR count). The van der Waals surface area contributed by atoms with Gasteiger partial charge in [-0.3, -0.25) is 4.79 Å². The summed E-state index contributed by atoms with van der Waals surface area (Å²) < 4.78 is 5.31. The third kappa shape index (κ3) is 2.76. The molecule has 126 valence electrons. The van der Waals surface area contributed by atoms with Crippen LogP contribution < -0.4 is 0 Å². The second kappa shape index (κ2) is 6.24. The fourth-order valence-corrected chi connectivity index (χ4v) is 3.35. The Morgan fingerprint density at radius 1 is 1.12 bits per heavy atom. The molecule has 2 aromatic rings. The van der Waals surface area contributed by atoms with E-state index in [-0.39, 0.29) is 17.0 Å². The van der Waals surface area contributed by atoms with Gasteiger partial charge in [0.2, 0.25) is 0 Å². The molecule has 0 bridgehead atoms. The molecular weight excluding hydrogens is 306 g/mol. The van der Waals surface area contributed by atoms with Crippen LogP contribution in [-0.4, -0.2) is 48.2 Å². The number of carbonyl (C=O) groups is 2. The van der Waals surface area contributed by atoms with Crippen LogP contribution in [0.25, 0.3) is 10.8 Å². The third-order valence-corrected chi connectivity index (χ3v) is 5.05. The van der Waals surface area contributed by atoms with E-state index in [1.807, 2.05) is 13.1 Å². The van der Waals surface area contributed by atoms with Crippen LogP contribution in [0, 0.1) is 0 Å². The van der Waals surface area contributed by atoms with E-state index in [2.05, 4.69) is 0 Å². The SMILES string of the molecule is COCC1(N(C)C(=O)c2ccc3cc(C(=O)O)ccc3c2)CCC1. The topological polar surface area (TPSA) is 66.8 Å². The van der Waals surface area contributed by atoms with Gasteiger partial charge in [-0.15, -0.1) is 0 Å². The van der Waals surface area contributed by atoms with E-state index in [1.165, 1.54) is 0 Å². The van der Waals surface area contributed by atoms with E-state index in [0.717, 1.165) is 30.0 Å². The summed E-state index contributed by atoms with van der Waals surface area (Å²) >= 11 is 0. The molecule has 1 aliphatic rings. The van der Waals surface area contributed by atoms with Crippen molar-refractivity contribution in [2.45, 2.75) is 24.8 Å². The minimum absolute atomic E-state index is 0.0315. The van der Waals surface area contributed by atoms with Gasteiger partial charge in [-0.25, -0.2) is 4.79 Å². The Bertz CT molecular complexity index is 795. The lowest BCUT2D eigenvalue weighted by atomic mass is 9.76. The lowest BCUT2D eigenvalue weighted by Gasteiger charge is -2.48. The van der Waals surface area contributed by atoms with Crippen molar-refractivity contribution in [2.75, 3.05) is 20.8 Å². The van der Waals surface area contributed by atoms with Crippen molar-refractivity contribution >= 4 is 22.6 Å². The smallest absolute Gasteiger partial charge is 0.335 e. The molecule has 24 heavy (non-hydrogen) atoms. The predicted molar refractivity (Wildman–Crippen MR) is 91.5 cm³/mol. The largest absolute Gasteiger partial charge is 0.478 e. The number of nitrogens with zero attached hydrogens (tertiary/aromatic N) is 1. The van der Waals surface area contributed by atoms with Gasteiger partial charge in [0.05, 0.1) is 17.7 Å². The second-order valence-corrected chi connectivity index (χ2v) is 6.46. The molecule has 0 aromatic heterocycles. The molecular formula is C19H21NO4. The number of carboxylic acid groups (broad SMARTS) is 1. The first-order chi connectivity index (χ1) is 11.5. The molecule has 0 radical (unpaired) electrons. The Hall–Kier alpha value is -2.40. The second-order valence-electron chi connectivity index (χ2n) is 6.46. The number of fused-ring (bicyclic) bond motifs is 1. The lowest BCUT2D eigenvalue weighted by Crippen LogP contribution is -2.57. The summed E-state index contributed by atoms with van der Waals surface area (Å²) in [7, 11) is 3.49. The first-order valence-electron chi connectivity index (χ1n) is 8.01. The number of aromatic carboxylic acids is 1. The van der Waals surface area contributed by atoms with Crippen molar-refractivity contribution in [3.05, 3.63) is 47.5 Å². The van der Waals surface area contributed by atoms with E-state index in [4.69, 9.17) is 9.84 Å². The van der Waals surface area contributed by atoms with Gasteiger partial charge in [-0.05, 0) is 54.3 Å². The fourth-order valence-electron chi connectivity index (χ4n) is 3.35. The number of likely N-dealkylation sites (N-methyl/N-ethyl adjacent to an activating group) is 1. The van der Waals surface area contributed by atoms with Crippen LogP contribution in [0.15, 0.2) is 36.4 Å². The molecule has 5 nitrogen and oxygen atoms in total. The Kier molecular flexibility index (Phi) is 4.28. The first kappa shape index (κ1) is 16.5. The van der Waals surface area contributed by atoms with Crippen LogP contribution in [0.4, 0.5) is 0 Å². The Morgan fingerprint density at radius 2 is 1.71 bits per heavy atom. The molecule has 0 spiro atoms. The monoisotopic (exact) mass is 327 g/mol. The van der Waals surface area contributed by atoms with Crippen molar-refractivity contribution in [1.29, 1.82) is 0 Å². The summed E-state index contributed by atoms with van der Waals surface area (Å²) in [5, 5.41) is 10.7. The van der Waals surface area contributed by atoms with Gasteiger partial charge >= 0.3 is 5.97 Å². The van der Waals surface area contributed by atoms with Gasteiger partial charge in [0.25, 0.3) is 5.91 Å². The molecule has 5 heteroatoms. The first-order valence-corrected chi connectivity index (χ1v) is 8.01. The summed E-state index contributed by atoms with van der Waals surface area (Å²) in [6.45, 7) is 0.546. The van der Waals surface area contributed by atoms with E-state index in [0.29, 0.717) is 12.2 Å². The molecule has 1 fully saturated rings. The van der Waals surface area contributed by atoms with Gasteiger partial charge in [-0.1, -0.05) is 12.1 Å². The number of carbonyl (C=O) groups excluding carboxylic acids is 1. The van der Waals surface area contributed by atoms with Gasteiger partial charge in [-0.2, -0.15) is 0 Å². The number of benzene rings is 2. The summed E-state index contributed by atoms with van der Waals surface area (Å²) in [4.78, 5) is 25.7. The number of hydrogen-bond acceptors (Lipinski definition) is 3. The van der Waals surface area contributed by atoms with Gasteiger partial charge < -0.3 is 14.7 Å². The van der Waals surface area contributed by atoms with Crippen LogP contribution in [0.1, 0.15) is 40.0 Å².